The summed E-state index contributed by atoms with van der Waals surface area (Å²) in [5, 5.41) is 0. The van der Waals surface area contributed by atoms with E-state index >= 15 is 0 Å². The first-order valence-corrected chi connectivity index (χ1v) is 10.3. The smallest absolute Gasteiger partial charge is 0.302 e. The van der Waals surface area contributed by atoms with Gasteiger partial charge < -0.3 is 9.47 Å². The van der Waals surface area contributed by atoms with Crippen molar-refractivity contribution < 1.29 is 18.7 Å². The van der Waals surface area contributed by atoms with E-state index < -0.39 is 6.17 Å². The number of epoxide rings is 1. The molecular weight excluding hydrogens is 319 g/mol. The van der Waals surface area contributed by atoms with Gasteiger partial charge in [0.15, 0.2) is 0 Å². The van der Waals surface area contributed by atoms with Crippen molar-refractivity contribution in [3.63, 3.8) is 0 Å². The van der Waals surface area contributed by atoms with Gasteiger partial charge in [-0.2, -0.15) is 0 Å². The Hall–Kier alpha value is -0.640. The number of esters is 1. The largest absolute Gasteiger partial charge is 0.462 e. The highest BCUT2D eigenvalue weighted by Gasteiger charge is 2.76. The van der Waals surface area contributed by atoms with Crippen LogP contribution >= 0.6 is 0 Å². The Morgan fingerprint density at radius 3 is 2.68 bits per heavy atom. The van der Waals surface area contributed by atoms with Gasteiger partial charge in [0.2, 0.25) is 0 Å². The van der Waals surface area contributed by atoms with Gasteiger partial charge >= 0.3 is 5.97 Å². The fourth-order valence-corrected chi connectivity index (χ4v) is 7.97. The van der Waals surface area contributed by atoms with Crippen molar-refractivity contribution in [3.05, 3.63) is 0 Å². The number of carbonyl (C=O) groups is 1. The molecule has 5 rings (SSSR count). The second kappa shape index (κ2) is 4.99. The van der Waals surface area contributed by atoms with E-state index in [1.165, 1.54) is 13.3 Å². The molecule has 4 heteroatoms. The van der Waals surface area contributed by atoms with Crippen LogP contribution in [0.4, 0.5) is 4.39 Å². The van der Waals surface area contributed by atoms with Gasteiger partial charge in [0.05, 0.1) is 6.10 Å². The van der Waals surface area contributed by atoms with Crippen LogP contribution in [0.5, 0.6) is 0 Å². The number of fused-ring (bicyclic) bond motifs is 4. The highest BCUT2D eigenvalue weighted by atomic mass is 19.1. The molecule has 140 valence electrons. The quantitative estimate of drug-likeness (QED) is 0.519. The Bertz CT molecular complexity index is 608. The van der Waals surface area contributed by atoms with E-state index in [1.54, 1.807) is 0 Å². The Morgan fingerprint density at radius 2 is 1.92 bits per heavy atom. The predicted octanol–water partition coefficient (Wildman–Crippen LogP) is 4.43. The average molecular weight is 350 g/mol. The van der Waals surface area contributed by atoms with Crippen molar-refractivity contribution in [1.29, 1.82) is 0 Å². The Kier molecular flexibility index (Phi) is 3.30. The Balaban J connectivity index is 1.45. The summed E-state index contributed by atoms with van der Waals surface area (Å²) < 4.78 is 26.1. The fourth-order valence-electron chi connectivity index (χ4n) is 7.97. The first-order valence-electron chi connectivity index (χ1n) is 10.3. The SMILES string of the molecule is CC(=O)O[C@H]1CC[C@H]2[C@@H]3C[C@H]4O[C@]45C[C@H](F)CC[C@]5(C)[C@H]3CC[C@]12C. The highest BCUT2D eigenvalue weighted by molar-refractivity contribution is 5.66. The van der Waals surface area contributed by atoms with Gasteiger partial charge in [-0.15, -0.1) is 0 Å². The molecular formula is C21H31FO3. The zero-order valence-corrected chi connectivity index (χ0v) is 15.7. The molecule has 0 N–H and O–H groups in total. The third kappa shape index (κ3) is 1.98. The number of alkyl halides is 1. The van der Waals surface area contributed by atoms with E-state index in [2.05, 4.69) is 13.8 Å². The molecule has 0 aromatic carbocycles. The molecule has 4 saturated carbocycles. The predicted molar refractivity (Wildman–Crippen MR) is 91.7 cm³/mol. The van der Waals surface area contributed by atoms with Crippen molar-refractivity contribution in [3.8, 4) is 0 Å². The molecule has 0 radical (unpaired) electrons. The summed E-state index contributed by atoms with van der Waals surface area (Å²) in [4.78, 5) is 11.5. The first-order chi connectivity index (χ1) is 11.8. The van der Waals surface area contributed by atoms with E-state index in [1.807, 2.05) is 0 Å². The molecule has 0 amide bonds. The van der Waals surface area contributed by atoms with Gasteiger partial charge in [-0.05, 0) is 62.7 Å². The number of ether oxygens (including phenoxy) is 2. The van der Waals surface area contributed by atoms with E-state index in [-0.39, 0.29) is 34.6 Å². The maximum Gasteiger partial charge on any atom is 0.302 e. The molecule has 1 saturated heterocycles. The van der Waals surface area contributed by atoms with Crippen LogP contribution in [0.25, 0.3) is 0 Å². The summed E-state index contributed by atoms with van der Waals surface area (Å²) in [7, 11) is 0. The van der Waals surface area contributed by atoms with Gasteiger partial charge in [-0.25, -0.2) is 4.39 Å². The van der Waals surface area contributed by atoms with Crippen molar-refractivity contribution in [2.24, 2.45) is 28.6 Å². The Labute approximate surface area is 150 Å². The van der Waals surface area contributed by atoms with Gasteiger partial charge in [-0.1, -0.05) is 13.8 Å². The number of hydrogen-bond donors (Lipinski definition) is 0. The third-order valence-corrected chi connectivity index (χ3v) is 9.25. The summed E-state index contributed by atoms with van der Waals surface area (Å²) in [5.74, 6) is 1.78. The number of carbonyl (C=O) groups excluding carboxylic acids is 1. The fraction of sp³-hybridized carbons (Fsp3) is 0.952. The summed E-state index contributed by atoms with van der Waals surface area (Å²) in [5.41, 5.74) is 0.104. The van der Waals surface area contributed by atoms with Gasteiger partial charge in [0.1, 0.15) is 17.9 Å². The molecule has 0 bridgehead atoms. The minimum Gasteiger partial charge on any atom is -0.462 e. The number of halogens is 1. The summed E-state index contributed by atoms with van der Waals surface area (Å²) in [6, 6.07) is 0. The zero-order chi connectivity index (χ0) is 17.6. The van der Waals surface area contributed by atoms with E-state index in [4.69, 9.17) is 9.47 Å². The lowest BCUT2D eigenvalue weighted by atomic mass is 9.45. The van der Waals surface area contributed by atoms with Crippen LogP contribution in [0.1, 0.15) is 72.1 Å². The molecule has 3 nitrogen and oxygen atoms in total. The van der Waals surface area contributed by atoms with E-state index in [0.717, 1.165) is 32.1 Å². The van der Waals surface area contributed by atoms with E-state index in [0.29, 0.717) is 30.6 Å². The van der Waals surface area contributed by atoms with Crippen LogP contribution < -0.4 is 0 Å². The third-order valence-electron chi connectivity index (χ3n) is 9.25. The highest BCUT2D eigenvalue weighted by Crippen LogP contribution is 2.73. The molecule has 1 spiro atoms. The summed E-state index contributed by atoms with van der Waals surface area (Å²) in [6.07, 6.45) is 7.55. The van der Waals surface area contributed by atoms with Crippen molar-refractivity contribution in [1.82, 2.24) is 0 Å². The second-order valence-electron chi connectivity index (χ2n) is 10.1. The molecule has 4 aliphatic carbocycles. The second-order valence-corrected chi connectivity index (χ2v) is 10.1. The van der Waals surface area contributed by atoms with Crippen LogP contribution in [-0.2, 0) is 14.3 Å². The van der Waals surface area contributed by atoms with E-state index in [9.17, 15) is 9.18 Å². The lowest BCUT2D eigenvalue weighted by Crippen LogP contribution is -2.58. The minimum atomic E-state index is -0.677. The summed E-state index contributed by atoms with van der Waals surface area (Å²) >= 11 is 0. The molecule has 5 fully saturated rings. The molecule has 1 aliphatic heterocycles. The molecule has 0 unspecified atom stereocenters. The lowest BCUT2D eigenvalue weighted by Gasteiger charge is -2.58. The van der Waals surface area contributed by atoms with Crippen LogP contribution in [-0.4, -0.2) is 29.9 Å². The molecule has 9 atom stereocenters. The average Bonchev–Trinajstić information content (AvgIpc) is 3.14. The van der Waals surface area contributed by atoms with Crippen LogP contribution in [0.3, 0.4) is 0 Å². The van der Waals surface area contributed by atoms with Crippen molar-refractivity contribution in [2.75, 3.05) is 0 Å². The van der Waals surface area contributed by atoms with Gasteiger partial charge in [-0.3, -0.25) is 4.79 Å². The zero-order valence-electron chi connectivity index (χ0n) is 15.7. The number of hydrogen-bond acceptors (Lipinski definition) is 3. The molecule has 25 heavy (non-hydrogen) atoms. The van der Waals surface area contributed by atoms with Gasteiger partial charge in [0.25, 0.3) is 0 Å². The minimum absolute atomic E-state index is 0.0807. The number of rotatable bonds is 1. The topological polar surface area (TPSA) is 38.8 Å². The lowest BCUT2D eigenvalue weighted by molar-refractivity contribution is -0.159. The standard InChI is InChI=1S/C21H31FO3/c1-12(23)24-17-5-4-15-14-10-18-21(25-18)11-13(22)6-9-20(21,3)16(14)7-8-19(15,17)2/h13-18H,4-11H2,1-3H3/t13-,14+,15+,16+,17+,18-,19+,20-,21-/m1/s1. The van der Waals surface area contributed by atoms with Crippen molar-refractivity contribution in [2.45, 2.75) is 96.1 Å². The maximum absolute atomic E-state index is 14.1. The van der Waals surface area contributed by atoms with Crippen LogP contribution in [0, 0.1) is 28.6 Å². The summed E-state index contributed by atoms with van der Waals surface area (Å²) in [6.45, 7) is 6.29. The molecule has 5 aliphatic rings. The Morgan fingerprint density at radius 1 is 1.12 bits per heavy atom. The maximum atomic E-state index is 14.1. The molecule has 0 aromatic rings. The molecule has 1 heterocycles. The van der Waals surface area contributed by atoms with Crippen LogP contribution in [0.2, 0.25) is 0 Å². The normalized spacial score (nSPS) is 59.2. The van der Waals surface area contributed by atoms with Crippen molar-refractivity contribution >= 4 is 5.97 Å². The van der Waals surface area contributed by atoms with Crippen LogP contribution in [0.15, 0.2) is 0 Å². The molecule has 0 aromatic heterocycles. The van der Waals surface area contributed by atoms with Gasteiger partial charge in [0, 0.05) is 24.2 Å². The first kappa shape index (κ1) is 16.5. The monoisotopic (exact) mass is 350 g/mol.